The Balaban J connectivity index is 1.36. The van der Waals surface area contributed by atoms with Crippen LogP contribution in [-0.4, -0.2) is 14.9 Å². The Labute approximate surface area is 179 Å². The zero-order valence-electron chi connectivity index (χ0n) is 17.6. The summed E-state index contributed by atoms with van der Waals surface area (Å²) in [4.78, 5) is 4.69. The van der Waals surface area contributed by atoms with E-state index in [2.05, 4.69) is 66.1 Å². The minimum absolute atomic E-state index is 0.260. The van der Waals surface area contributed by atoms with Gasteiger partial charge < -0.3 is 4.57 Å². The first-order valence-corrected chi connectivity index (χ1v) is 11.9. The maximum absolute atomic E-state index is 6.55. The Bertz CT molecular complexity index is 1030. The summed E-state index contributed by atoms with van der Waals surface area (Å²) in [5, 5.41) is 0.356. The van der Waals surface area contributed by atoms with E-state index in [-0.39, 0.29) is 5.41 Å². The standard InChI is InChI=1S/C26H31ClN2/c1-25-13-11-18(27)15-17(25)7-8-19-20-9-10-24(26(20,2)14-12-21(19)25)29-16-28-22-5-3-4-6-23(22)29/h3-7,10,16,18-21H,8-9,11-15H2,1-2H3/t18-,19?,20?,21?,25-,26-/m0/s1. The minimum Gasteiger partial charge on any atom is -0.302 e. The fourth-order valence-corrected chi connectivity index (χ4v) is 7.96. The van der Waals surface area contributed by atoms with Gasteiger partial charge in [0, 0.05) is 16.5 Å². The third-order valence-electron chi connectivity index (χ3n) is 9.30. The van der Waals surface area contributed by atoms with Crippen LogP contribution in [0.5, 0.6) is 0 Å². The van der Waals surface area contributed by atoms with Crippen LogP contribution in [0.2, 0.25) is 0 Å². The Morgan fingerprint density at radius 2 is 1.83 bits per heavy atom. The van der Waals surface area contributed by atoms with Gasteiger partial charge in [-0.05, 0) is 80.2 Å². The molecule has 2 saturated carbocycles. The molecule has 29 heavy (non-hydrogen) atoms. The highest BCUT2D eigenvalue weighted by Crippen LogP contribution is 2.65. The van der Waals surface area contributed by atoms with Crippen molar-refractivity contribution in [1.82, 2.24) is 9.55 Å². The normalized spacial score (nSPS) is 41.3. The molecule has 0 bridgehead atoms. The van der Waals surface area contributed by atoms with Crippen LogP contribution in [-0.2, 0) is 0 Å². The second kappa shape index (κ2) is 6.23. The highest BCUT2D eigenvalue weighted by Gasteiger charge is 2.57. The third-order valence-corrected chi connectivity index (χ3v) is 9.67. The Hall–Kier alpha value is -1.54. The van der Waals surface area contributed by atoms with Gasteiger partial charge in [0.15, 0.2) is 0 Å². The molecule has 6 rings (SSSR count). The number of benzene rings is 1. The SMILES string of the molecule is C[C@]12CC[C@H](Cl)CC1=CCC1C2CC[C@]2(C)C(n3cnc4ccccc43)=CCC12. The molecule has 3 unspecified atom stereocenters. The molecule has 4 aliphatic rings. The smallest absolute Gasteiger partial charge is 0.100 e. The number of rotatable bonds is 1. The van der Waals surface area contributed by atoms with Gasteiger partial charge in [0.05, 0.1) is 11.0 Å². The summed E-state index contributed by atoms with van der Waals surface area (Å²) in [6.45, 7) is 5.10. The van der Waals surface area contributed by atoms with Gasteiger partial charge in [-0.25, -0.2) is 4.98 Å². The number of fused-ring (bicyclic) bond motifs is 6. The van der Waals surface area contributed by atoms with Crippen molar-refractivity contribution >= 4 is 28.3 Å². The molecule has 2 fully saturated rings. The topological polar surface area (TPSA) is 17.8 Å². The van der Waals surface area contributed by atoms with E-state index in [0.29, 0.717) is 10.8 Å². The molecule has 3 heteroatoms. The van der Waals surface area contributed by atoms with Crippen LogP contribution in [0.3, 0.4) is 0 Å². The first kappa shape index (κ1) is 18.2. The summed E-state index contributed by atoms with van der Waals surface area (Å²) in [6.07, 6.45) is 15.9. The molecule has 4 aliphatic carbocycles. The van der Waals surface area contributed by atoms with Crippen molar-refractivity contribution in [3.8, 4) is 0 Å². The number of para-hydroxylation sites is 2. The van der Waals surface area contributed by atoms with E-state index in [1.165, 1.54) is 49.7 Å². The number of halogens is 1. The molecule has 1 aromatic heterocycles. The van der Waals surface area contributed by atoms with Gasteiger partial charge in [-0.3, -0.25) is 0 Å². The number of hydrogen-bond acceptors (Lipinski definition) is 1. The van der Waals surface area contributed by atoms with Crippen molar-refractivity contribution < 1.29 is 0 Å². The molecule has 2 nitrogen and oxygen atoms in total. The molecule has 1 heterocycles. The first-order valence-electron chi connectivity index (χ1n) is 11.5. The average molecular weight is 407 g/mol. The van der Waals surface area contributed by atoms with Crippen LogP contribution in [0, 0.1) is 28.6 Å². The van der Waals surface area contributed by atoms with Gasteiger partial charge in [-0.1, -0.05) is 43.7 Å². The van der Waals surface area contributed by atoms with Gasteiger partial charge in [0.1, 0.15) is 6.33 Å². The van der Waals surface area contributed by atoms with Crippen LogP contribution in [0.15, 0.2) is 48.3 Å². The summed E-state index contributed by atoms with van der Waals surface area (Å²) in [7, 11) is 0. The summed E-state index contributed by atoms with van der Waals surface area (Å²) in [6, 6.07) is 8.56. The van der Waals surface area contributed by atoms with E-state index in [1.807, 2.05) is 0 Å². The maximum Gasteiger partial charge on any atom is 0.100 e. The van der Waals surface area contributed by atoms with Gasteiger partial charge in [-0.15, -0.1) is 11.6 Å². The predicted octanol–water partition coefficient (Wildman–Crippen LogP) is 7.06. The minimum atomic E-state index is 0.260. The van der Waals surface area contributed by atoms with Crippen molar-refractivity contribution in [2.45, 2.75) is 64.2 Å². The fourth-order valence-electron chi connectivity index (χ4n) is 7.69. The lowest BCUT2D eigenvalue weighted by molar-refractivity contribution is -0.0109. The summed E-state index contributed by atoms with van der Waals surface area (Å²) in [5.41, 5.74) is 6.18. The third kappa shape index (κ3) is 2.45. The summed E-state index contributed by atoms with van der Waals surface area (Å²) in [5.74, 6) is 2.38. The molecule has 0 spiro atoms. The number of allylic oxidation sites excluding steroid dienone is 4. The average Bonchev–Trinajstić information content (AvgIpc) is 3.29. The van der Waals surface area contributed by atoms with Crippen LogP contribution >= 0.6 is 11.6 Å². The second-order valence-corrected chi connectivity index (χ2v) is 11.1. The van der Waals surface area contributed by atoms with Gasteiger partial charge in [0.25, 0.3) is 0 Å². The van der Waals surface area contributed by atoms with Crippen molar-refractivity contribution in [1.29, 1.82) is 0 Å². The first-order chi connectivity index (χ1) is 14.0. The highest BCUT2D eigenvalue weighted by molar-refractivity contribution is 6.20. The van der Waals surface area contributed by atoms with Gasteiger partial charge >= 0.3 is 0 Å². The molecule has 0 amide bonds. The van der Waals surface area contributed by atoms with Crippen LogP contribution in [0.4, 0.5) is 0 Å². The largest absolute Gasteiger partial charge is 0.302 e. The molecule has 0 radical (unpaired) electrons. The van der Waals surface area contributed by atoms with E-state index >= 15 is 0 Å². The quantitative estimate of drug-likeness (QED) is 0.366. The van der Waals surface area contributed by atoms with Crippen molar-refractivity contribution in [3.63, 3.8) is 0 Å². The molecular formula is C26H31ClN2. The fraction of sp³-hybridized carbons (Fsp3) is 0.577. The van der Waals surface area contributed by atoms with Crippen molar-refractivity contribution in [3.05, 3.63) is 48.3 Å². The Morgan fingerprint density at radius 1 is 1.00 bits per heavy atom. The molecule has 6 atom stereocenters. The molecule has 0 N–H and O–H groups in total. The lowest BCUT2D eigenvalue weighted by Gasteiger charge is -2.57. The zero-order valence-corrected chi connectivity index (χ0v) is 18.3. The van der Waals surface area contributed by atoms with E-state index in [9.17, 15) is 0 Å². The second-order valence-electron chi connectivity index (χ2n) is 10.5. The number of alkyl halides is 1. The molecule has 0 aliphatic heterocycles. The Kier molecular flexibility index (Phi) is 3.92. The Morgan fingerprint density at radius 3 is 2.72 bits per heavy atom. The molecule has 0 saturated heterocycles. The number of imidazole rings is 1. The summed E-state index contributed by atoms with van der Waals surface area (Å²) < 4.78 is 2.39. The zero-order chi connectivity index (χ0) is 19.8. The molecule has 2 aromatic rings. The van der Waals surface area contributed by atoms with E-state index in [1.54, 1.807) is 5.57 Å². The van der Waals surface area contributed by atoms with Crippen molar-refractivity contribution in [2.75, 3.05) is 0 Å². The number of nitrogens with zero attached hydrogens (tertiary/aromatic N) is 2. The molecular weight excluding hydrogens is 376 g/mol. The maximum atomic E-state index is 6.55. The van der Waals surface area contributed by atoms with Crippen molar-refractivity contribution in [2.24, 2.45) is 28.6 Å². The van der Waals surface area contributed by atoms with E-state index < -0.39 is 0 Å². The monoisotopic (exact) mass is 406 g/mol. The van der Waals surface area contributed by atoms with Gasteiger partial charge in [-0.2, -0.15) is 0 Å². The molecule has 152 valence electrons. The number of aromatic nitrogens is 2. The van der Waals surface area contributed by atoms with Crippen LogP contribution in [0.1, 0.15) is 58.8 Å². The number of hydrogen-bond donors (Lipinski definition) is 0. The lowest BCUT2D eigenvalue weighted by Crippen LogP contribution is -2.49. The van der Waals surface area contributed by atoms with Crippen LogP contribution < -0.4 is 0 Å². The van der Waals surface area contributed by atoms with Gasteiger partial charge in [0.2, 0.25) is 0 Å². The van der Waals surface area contributed by atoms with Crippen LogP contribution in [0.25, 0.3) is 16.7 Å². The molecule has 1 aromatic carbocycles. The highest BCUT2D eigenvalue weighted by atomic mass is 35.5. The predicted molar refractivity (Wildman–Crippen MR) is 121 cm³/mol. The lowest BCUT2D eigenvalue weighted by atomic mass is 9.48. The van der Waals surface area contributed by atoms with E-state index in [4.69, 9.17) is 11.6 Å². The van der Waals surface area contributed by atoms with E-state index in [0.717, 1.165) is 29.7 Å². The summed E-state index contributed by atoms with van der Waals surface area (Å²) >= 11 is 6.55.